The standard InChI is InChI=1S/C13H18FNO3/c1-10(2)9-18-15-13(16)7-8-17-12-6-4-3-5-11(12)14/h3-6,10H,7-9H2,1-2H3,(H,15,16). The topological polar surface area (TPSA) is 47.6 Å². The van der Waals surface area contributed by atoms with Crippen molar-refractivity contribution in [2.75, 3.05) is 13.2 Å². The van der Waals surface area contributed by atoms with E-state index < -0.39 is 5.82 Å². The summed E-state index contributed by atoms with van der Waals surface area (Å²) in [5.41, 5.74) is 2.30. The molecule has 0 saturated carbocycles. The summed E-state index contributed by atoms with van der Waals surface area (Å²) in [6.07, 6.45) is 0.117. The molecule has 0 radical (unpaired) electrons. The van der Waals surface area contributed by atoms with E-state index in [9.17, 15) is 9.18 Å². The number of ether oxygens (including phenoxy) is 1. The molecule has 0 bridgehead atoms. The van der Waals surface area contributed by atoms with Gasteiger partial charge in [-0.2, -0.15) is 0 Å². The number of hydroxylamine groups is 1. The first kappa shape index (κ1) is 14.4. The third kappa shape index (κ3) is 5.63. The van der Waals surface area contributed by atoms with E-state index in [1.54, 1.807) is 12.1 Å². The highest BCUT2D eigenvalue weighted by atomic mass is 19.1. The predicted molar refractivity (Wildman–Crippen MR) is 65.4 cm³/mol. The predicted octanol–water partition coefficient (Wildman–Crippen LogP) is 2.30. The zero-order valence-corrected chi connectivity index (χ0v) is 10.6. The molecule has 1 aromatic rings. The van der Waals surface area contributed by atoms with Gasteiger partial charge in [-0.05, 0) is 18.1 Å². The highest BCUT2D eigenvalue weighted by Crippen LogP contribution is 2.15. The van der Waals surface area contributed by atoms with Crippen molar-refractivity contribution in [3.63, 3.8) is 0 Å². The normalized spacial score (nSPS) is 10.4. The quantitative estimate of drug-likeness (QED) is 0.760. The molecule has 0 aromatic heterocycles. The van der Waals surface area contributed by atoms with Gasteiger partial charge >= 0.3 is 0 Å². The Morgan fingerprint density at radius 3 is 2.78 bits per heavy atom. The van der Waals surface area contributed by atoms with Crippen LogP contribution >= 0.6 is 0 Å². The summed E-state index contributed by atoms with van der Waals surface area (Å²) < 4.78 is 18.3. The molecule has 1 rings (SSSR count). The fraction of sp³-hybridized carbons (Fsp3) is 0.462. The molecule has 1 aromatic carbocycles. The lowest BCUT2D eigenvalue weighted by atomic mass is 10.2. The minimum atomic E-state index is -0.436. The van der Waals surface area contributed by atoms with Crippen LogP contribution in [0.3, 0.4) is 0 Å². The van der Waals surface area contributed by atoms with Crippen molar-refractivity contribution in [1.82, 2.24) is 5.48 Å². The summed E-state index contributed by atoms with van der Waals surface area (Å²) in [5, 5.41) is 0. The average molecular weight is 255 g/mol. The molecule has 0 aliphatic carbocycles. The van der Waals surface area contributed by atoms with Crippen LogP contribution < -0.4 is 10.2 Å². The monoisotopic (exact) mass is 255 g/mol. The molecular formula is C13H18FNO3. The third-order valence-corrected chi connectivity index (χ3v) is 2.03. The number of carbonyl (C=O) groups is 1. The Hall–Kier alpha value is -1.62. The molecule has 0 saturated heterocycles. The fourth-order valence-corrected chi connectivity index (χ4v) is 1.16. The maximum absolute atomic E-state index is 13.2. The van der Waals surface area contributed by atoms with Gasteiger partial charge in [0.2, 0.25) is 5.91 Å². The molecule has 0 spiro atoms. The number of hydrogen-bond donors (Lipinski definition) is 1. The highest BCUT2D eigenvalue weighted by molar-refractivity contribution is 5.74. The summed E-state index contributed by atoms with van der Waals surface area (Å²) in [7, 11) is 0. The summed E-state index contributed by atoms with van der Waals surface area (Å²) in [4.78, 5) is 16.2. The van der Waals surface area contributed by atoms with Crippen LogP contribution in [0.15, 0.2) is 24.3 Å². The Morgan fingerprint density at radius 2 is 2.11 bits per heavy atom. The van der Waals surface area contributed by atoms with E-state index in [0.29, 0.717) is 12.5 Å². The van der Waals surface area contributed by atoms with Gasteiger partial charge in [-0.3, -0.25) is 9.63 Å². The Morgan fingerprint density at radius 1 is 1.39 bits per heavy atom. The van der Waals surface area contributed by atoms with Crippen molar-refractivity contribution < 1.29 is 18.8 Å². The second-order valence-corrected chi connectivity index (χ2v) is 4.26. The smallest absolute Gasteiger partial charge is 0.246 e. The van der Waals surface area contributed by atoms with Crippen molar-refractivity contribution in [2.45, 2.75) is 20.3 Å². The molecule has 0 atom stereocenters. The average Bonchev–Trinajstić information content (AvgIpc) is 2.31. The molecule has 0 aliphatic rings. The Balaban J connectivity index is 2.18. The fourth-order valence-electron chi connectivity index (χ4n) is 1.16. The van der Waals surface area contributed by atoms with E-state index in [4.69, 9.17) is 9.57 Å². The van der Waals surface area contributed by atoms with Crippen LogP contribution in [0.25, 0.3) is 0 Å². The molecular weight excluding hydrogens is 237 g/mol. The van der Waals surface area contributed by atoms with Gasteiger partial charge < -0.3 is 4.74 Å². The van der Waals surface area contributed by atoms with E-state index in [-0.39, 0.29) is 24.7 Å². The van der Waals surface area contributed by atoms with Crippen LogP contribution in [0.1, 0.15) is 20.3 Å². The maximum Gasteiger partial charge on any atom is 0.246 e. The minimum Gasteiger partial charge on any atom is -0.490 e. The lowest BCUT2D eigenvalue weighted by Crippen LogP contribution is -2.26. The van der Waals surface area contributed by atoms with Crippen LogP contribution in [-0.4, -0.2) is 19.1 Å². The van der Waals surface area contributed by atoms with Crippen LogP contribution in [0.5, 0.6) is 5.75 Å². The van der Waals surface area contributed by atoms with Crippen molar-refractivity contribution in [3.8, 4) is 5.75 Å². The molecule has 0 aliphatic heterocycles. The molecule has 5 heteroatoms. The van der Waals surface area contributed by atoms with Crippen LogP contribution in [0.2, 0.25) is 0 Å². The van der Waals surface area contributed by atoms with E-state index in [0.717, 1.165) is 0 Å². The van der Waals surface area contributed by atoms with E-state index in [1.807, 2.05) is 13.8 Å². The zero-order valence-electron chi connectivity index (χ0n) is 10.6. The van der Waals surface area contributed by atoms with Crippen LogP contribution in [-0.2, 0) is 9.63 Å². The first-order valence-electron chi connectivity index (χ1n) is 5.87. The second kappa shape index (κ2) is 7.66. The van der Waals surface area contributed by atoms with Gasteiger partial charge in [0.25, 0.3) is 0 Å². The Bertz CT molecular complexity index is 382. The van der Waals surface area contributed by atoms with Crippen LogP contribution in [0, 0.1) is 11.7 Å². The summed E-state index contributed by atoms with van der Waals surface area (Å²) >= 11 is 0. The number of halogens is 1. The Kier molecular flexibility index (Phi) is 6.14. The molecule has 18 heavy (non-hydrogen) atoms. The van der Waals surface area contributed by atoms with E-state index in [1.165, 1.54) is 12.1 Å². The maximum atomic E-state index is 13.2. The highest BCUT2D eigenvalue weighted by Gasteiger charge is 2.05. The molecule has 100 valence electrons. The third-order valence-electron chi connectivity index (χ3n) is 2.03. The number of benzene rings is 1. The molecule has 1 N–H and O–H groups in total. The van der Waals surface area contributed by atoms with Crippen LogP contribution in [0.4, 0.5) is 4.39 Å². The van der Waals surface area contributed by atoms with E-state index >= 15 is 0 Å². The number of rotatable bonds is 7. The van der Waals surface area contributed by atoms with Gasteiger partial charge in [-0.15, -0.1) is 0 Å². The van der Waals surface area contributed by atoms with Gasteiger partial charge in [0.1, 0.15) is 0 Å². The number of carbonyl (C=O) groups excluding carboxylic acids is 1. The number of nitrogens with one attached hydrogen (secondary N) is 1. The molecule has 0 heterocycles. The van der Waals surface area contributed by atoms with E-state index in [2.05, 4.69) is 5.48 Å². The second-order valence-electron chi connectivity index (χ2n) is 4.26. The van der Waals surface area contributed by atoms with Gasteiger partial charge in [0.15, 0.2) is 11.6 Å². The van der Waals surface area contributed by atoms with Gasteiger partial charge in [-0.1, -0.05) is 26.0 Å². The van der Waals surface area contributed by atoms with Crippen molar-refractivity contribution >= 4 is 5.91 Å². The van der Waals surface area contributed by atoms with Crippen molar-refractivity contribution in [3.05, 3.63) is 30.1 Å². The molecule has 1 amide bonds. The number of para-hydroxylation sites is 1. The van der Waals surface area contributed by atoms with Gasteiger partial charge in [0.05, 0.1) is 19.6 Å². The zero-order chi connectivity index (χ0) is 13.4. The lowest BCUT2D eigenvalue weighted by Gasteiger charge is -2.09. The van der Waals surface area contributed by atoms with Crippen molar-refractivity contribution in [2.24, 2.45) is 5.92 Å². The summed E-state index contributed by atoms with van der Waals surface area (Å²) in [6.45, 7) is 4.53. The molecule has 0 unspecified atom stereocenters. The SMILES string of the molecule is CC(C)CONC(=O)CCOc1ccccc1F. The lowest BCUT2D eigenvalue weighted by molar-refractivity contribution is -0.134. The summed E-state index contributed by atoms with van der Waals surface area (Å²) in [6, 6.07) is 6.07. The van der Waals surface area contributed by atoms with Gasteiger partial charge in [-0.25, -0.2) is 9.87 Å². The van der Waals surface area contributed by atoms with Crippen molar-refractivity contribution in [1.29, 1.82) is 0 Å². The number of hydrogen-bond acceptors (Lipinski definition) is 3. The number of amides is 1. The summed E-state index contributed by atoms with van der Waals surface area (Å²) in [5.74, 6) is -0.227. The molecule has 4 nitrogen and oxygen atoms in total. The first-order valence-corrected chi connectivity index (χ1v) is 5.87. The Labute approximate surface area is 106 Å². The van der Waals surface area contributed by atoms with Gasteiger partial charge in [0, 0.05) is 0 Å². The minimum absolute atomic E-state index is 0.109. The molecule has 0 fully saturated rings. The largest absolute Gasteiger partial charge is 0.490 e. The first-order chi connectivity index (χ1) is 8.59.